The standard InChI is InChI=1S/C16H18FNO2/c1-11(18-2)16-13(17)7-5-9-15(16)20-14-8-4-3-6-12(14)10-19/h3-9,11,18-19H,10H2,1-2H3. The minimum Gasteiger partial charge on any atom is -0.457 e. The molecule has 0 aliphatic carbocycles. The average Bonchev–Trinajstić information content (AvgIpc) is 2.47. The molecule has 0 amide bonds. The summed E-state index contributed by atoms with van der Waals surface area (Å²) in [6, 6.07) is 11.7. The minimum atomic E-state index is -0.314. The van der Waals surface area contributed by atoms with E-state index < -0.39 is 0 Å². The Bertz CT molecular complexity index is 586. The van der Waals surface area contributed by atoms with Gasteiger partial charge in [0.15, 0.2) is 0 Å². The Morgan fingerprint density at radius 3 is 2.55 bits per heavy atom. The number of benzene rings is 2. The summed E-state index contributed by atoms with van der Waals surface area (Å²) in [6.45, 7) is 1.74. The second-order valence-electron chi connectivity index (χ2n) is 4.53. The highest BCUT2D eigenvalue weighted by Crippen LogP contribution is 2.33. The molecule has 0 aliphatic heterocycles. The minimum absolute atomic E-state index is 0.123. The van der Waals surface area contributed by atoms with Crippen LogP contribution in [0.4, 0.5) is 4.39 Å². The maximum absolute atomic E-state index is 14.0. The molecule has 2 aromatic rings. The third kappa shape index (κ3) is 2.98. The molecule has 0 spiro atoms. The lowest BCUT2D eigenvalue weighted by atomic mass is 10.1. The number of rotatable bonds is 5. The smallest absolute Gasteiger partial charge is 0.135 e. The first-order valence-electron chi connectivity index (χ1n) is 6.49. The zero-order valence-corrected chi connectivity index (χ0v) is 11.6. The molecular weight excluding hydrogens is 257 g/mol. The van der Waals surface area contributed by atoms with Gasteiger partial charge in [0, 0.05) is 17.2 Å². The van der Waals surface area contributed by atoms with E-state index in [1.807, 2.05) is 19.1 Å². The topological polar surface area (TPSA) is 41.5 Å². The summed E-state index contributed by atoms with van der Waals surface area (Å²) in [7, 11) is 1.77. The van der Waals surface area contributed by atoms with Gasteiger partial charge in [-0.3, -0.25) is 0 Å². The lowest BCUT2D eigenvalue weighted by Crippen LogP contribution is -2.15. The molecule has 0 heterocycles. The quantitative estimate of drug-likeness (QED) is 0.879. The molecule has 0 aliphatic rings. The molecule has 2 aromatic carbocycles. The molecule has 3 nitrogen and oxygen atoms in total. The Labute approximate surface area is 118 Å². The van der Waals surface area contributed by atoms with Gasteiger partial charge < -0.3 is 15.2 Å². The number of nitrogens with one attached hydrogen (secondary N) is 1. The molecule has 1 unspecified atom stereocenters. The number of aliphatic hydroxyl groups is 1. The highest BCUT2D eigenvalue weighted by Gasteiger charge is 2.16. The molecule has 0 bridgehead atoms. The summed E-state index contributed by atoms with van der Waals surface area (Å²) in [4.78, 5) is 0. The van der Waals surface area contributed by atoms with Crippen molar-refractivity contribution >= 4 is 0 Å². The molecule has 1 atom stereocenters. The van der Waals surface area contributed by atoms with Crippen LogP contribution in [0.15, 0.2) is 42.5 Å². The molecule has 2 N–H and O–H groups in total. The zero-order chi connectivity index (χ0) is 14.5. The summed E-state index contributed by atoms with van der Waals surface area (Å²) in [5.41, 5.74) is 1.14. The van der Waals surface area contributed by atoms with Crippen LogP contribution in [0.3, 0.4) is 0 Å². The van der Waals surface area contributed by atoms with E-state index >= 15 is 0 Å². The van der Waals surface area contributed by atoms with E-state index in [0.717, 1.165) is 0 Å². The lowest BCUT2D eigenvalue weighted by molar-refractivity contribution is 0.276. The number of ether oxygens (including phenoxy) is 1. The van der Waals surface area contributed by atoms with Gasteiger partial charge in [-0.2, -0.15) is 0 Å². The van der Waals surface area contributed by atoms with Crippen molar-refractivity contribution < 1.29 is 14.2 Å². The van der Waals surface area contributed by atoms with Crippen molar-refractivity contribution in [3.05, 3.63) is 59.4 Å². The fourth-order valence-electron chi connectivity index (χ4n) is 2.02. The fraction of sp³-hybridized carbons (Fsp3) is 0.250. The van der Waals surface area contributed by atoms with Gasteiger partial charge in [-0.25, -0.2) is 4.39 Å². The lowest BCUT2D eigenvalue weighted by Gasteiger charge is -2.18. The van der Waals surface area contributed by atoms with Crippen LogP contribution in [0.5, 0.6) is 11.5 Å². The summed E-state index contributed by atoms with van der Waals surface area (Å²) in [5.74, 6) is 0.670. The molecule has 106 valence electrons. The normalized spacial score (nSPS) is 12.2. The van der Waals surface area contributed by atoms with Crippen LogP contribution < -0.4 is 10.1 Å². The van der Waals surface area contributed by atoms with Crippen molar-refractivity contribution in [1.29, 1.82) is 0 Å². The van der Waals surface area contributed by atoms with Crippen molar-refractivity contribution in [2.75, 3.05) is 7.05 Å². The van der Waals surface area contributed by atoms with Gasteiger partial charge >= 0.3 is 0 Å². The molecule has 0 radical (unpaired) electrons. The van der Waals surface area contributed by atoms with Gasteiger partial charge in [0.25, 0.3) is 0 Å². The van der Waals surface area contributed by atoms with Gasteiger partial charge in [0.1, 0.15) is 17.3 Å². The van der Waals surface area contributed by atoms with E-state index in [1.54, 1.807) is 31.3 Å². The van der Waals surface area contributed by atoms with Gasteiger partial charge in [0.05, 0.1) is 6.61 Å². The molecule has 0 saturated heterocycles. The fourth-order valence-corrected chi connectivity index (χ4v) is 2.02. The second-order valence-corrected chi connectivity index (χ2v) is 4.53. The monoisotopic (exact) mass is 275 g/mol. The first-order chi connectivity index (χ1) is 9.67. The van der Waals surface area contributed by atoms with Crippen LogP contribution in [0, 0.1) is 5.82 Å². The number of halogens is 1. The third-order valence-electron chi connectivity index (χ3n) is 3.24. The average molecular weight is 275 g/mol. The Balaban J connectivity index is 2.41. The first kappa shape index (κ1) is 14.5. The van der Waals surface area contributed by atoms with Crippen LogP contribution in [0.2, 0.25) is 0 Å². The molecule has 0 fully saturated rings. The van der Waals surface area contributed by atoms with Crippen molar-refractivity contribution in [2.24, 2.45) is 0 Å². The maximum Gasteiger partial charge on any atom is 0.135 e. The van der Waals surface area contributed by atoms with E-state index in [1.165, 1.54) is 6.07 Å². The highest BCUT2D eigenvalue weighted by atomic mass is 19.1. The molecule has 0 aromatic heterocycles. The molecule has 0 saturated carbocycles. The predicted molar refractivity (Wildman–Crippen MR) is 76.3 cm³/mol. The van der Waals surface area contributed by atoms with Crippen molar-refractivity contribution in [3.8, 4) is 11.5 Å². The van der Waals surface area contributed by atoms with E-state index in [9.17, 15) is 9.50 Å². The van der Waals surface area contributed by atoms with Gasteiger partial charge in [0.2, 0.25) is 0 Å². The molecular formula is C16H18FNO2. The summed E-state index contributed by atoms with van der Waals surface area (Å²) in [5, 5.41) is 12.3. The van der Waals surface area contributed by atoms with E-state index in [-0.39, 0.29) is 18.5 Å². The molecule has 2 rings (SSSR count). The maximum atomic E-state index is 14.0. The van der Waals surface area contributed by atoms with Gasteiger partial charge in [-0.05, 0) is 32.2 Å². The summed E-state index contributed by atoms with van der Waals surface area (Å²) >= 11 is 0. The van der Waals surface area contributed by atoms with Crippen LogP contribution in [0.25, 0.3) is 0 Å². The number of hydrogen-bond acceptors (Lipinski definition) is 3. The van der Waals surface area contributed by atoms with Crippen LogP contribution in [-0.2, 0) is 6.61 Å². The zero-order valence-electron chi connectivity index (χ0n) is 11.6. The Morgan fingerprint density at radius 1 is 1.15 bits per heavy atom. The Morgan fingerprint density at radius 2 is 1.85 bits per heavy atom. The second kappa shape index (κ2) is 6.50. The van der Waals surface area contributed by atoms with E-state index in [0.29, 0.717) is 22.6 Å². The molecule has 4 heteroatoms. The first-order valence-corrected chi connectivity index (χ1v) is 6.49. The summed E-state index contributed by atoms with van der Waals surface area (Å²) in [6.07, 6.45) is 0. The highest BCUT2D eigenvalue weighted by molar-refractivity contribution is 5.43. The Kier molecular flexibility index (Phi) is 4.71. The third-order valence-corrected chi connectivity index (χ3v) is 3.24. The van der Waals surface area contributed by atoms with Crippen LogP contribution in [0.1, 0.15) is 24.1 Å². The van der Waals surface area contributed by atoms with Gasteiger partial charge in [-0.1, -0.05) is 24.3 Å². The Hall–Kier alpha value is -1.91. The SMILES string of the molecule is CNC(C)c1c(F)cccc1Oc1ccccc1CO. The number of aliphatic hydroxyl groups excluding tert-OH is 1. The van der Waals surface area contributed by atoms with Crippen LogP contribution >= 0.6 is 0 Å². The number of hydrogen-bond donors (Lipinski definition) is 2. The van der Waals surface area contributed by atoms with E-state index in [2.05, 4.69) is 5.32 Å². The van der Waals surface area contributed by atoms with Crippen molar-refractivity contribution in [1.82, 2.24) is 5.32 Å². The van der Waals surface area contributed by atoms with Crippen molar-refractivity contribution in [2.45, 2.75) is 19.6 Å². The number of para-hydroxylation sites is 1. The largest absolute Gasteiger partial charge is 0.457 e. The van der Waals surface area contributed by atoms with E-state index in [4.69, 9.17) is 4.74 Å². The predicted octanol–water partition coefficient (Wildman–Crippen LogP) is 3.39. The van der Waals surface area contributed by atoms with Crippen LogP contribution in [-0.4, -0.2) is 12.2 Å². The van der Waals surface area contributed by atoms with Crippen molar-refractivity contribution in [3.63, 3.8) is 0 Å². The summed E-state index contributed by atoms with van der Waals surface area (Å²) < 4.78 is 19.8. The van der Waals surface area contributed by atoms with Gasteiger partial charge in [-0.15, -0.1) is 0 Å². The molecule has 20 heavy (non-hydrogen) atoms.